The van der Waals surface area contributed by atoms with Gasteiger partial charge in [0.15, 0.2) is 11.6 Å². The lowest BCUT2D eigenvalue weighted by Gasteiger charge is -2.12. The number of carbonyl (C=O) groups is 1. The molecule has 0 aliphatic carbocycles. The van der Waals surface area contributed by atoms with Gasteiger partial charge in [-0.15, -0.1) is 0 Å². The highest BCUT2D eigenvalue weighted by Crippen LogP contribution is 2.32. The SMILES string of the molecule is CCC(=O)Cc1ccc(-c2ccc(C)cc2)c(F)c1OC. The maximum absolute atomic E-state index is 14.6. The van der Waals surface area contributed by atoms with E-state index >= 15 is 0 Å². The van der Waals surface area contributed by atoms with E-state index in [4.69, 9.17) is 4.74 Å². The molecule has 21 heavy (non-hydrogen) atoms. The number of rotatable bonds is 5. The van der Waals surface area contributed by atoms with Crippen LogP contribution in [0.4, 0.5) is 4.39 Å². The van der Waals surface area contributed by atoms with Crippen LogP contribution in [-0.2, 0) is 11.2 Å². The molecule has 0 unspecified atom stereocenters. The minimum absolute atomic E-state index is 0.0655. The molecule has 2 aromatic rings. The maximum atomic E-state index is 14.6. The van der Waals surface area contributed by atoms with Gasteiger partial charge in [-0.2, -0.15) is 0 Å². The summed E-state index contributed by atoms with van der Waals surface area (Å²) in [6, 6.07) is 11.1. The average molecular weight is 286 g/mol. The van der Waals surface area contributed by atoms with Gasteiger partial charge in [-0.1, -0.05) is 48.9 Å². The fraction of sp³-hybridized carbons (Fsp3) is 0.278. The fourth-order valence-corrected chi connectivity index (χ4v) is 2.25. The number of halogens is 1. The van der Waals surface area contributed by atoms with Crippen molar-refractivity contribution in [3.8, 4) is 16.9 Å². The fourth-order valence-electron chi connectivity index (χ4n) is 2.25. The highest BCUT2D eigenvalue weighted by Gasteiger charge is 2.16. The van der Waals surface area contributed by atoms with Crippen LogP contribution < -0.4 is 4.74 Å². The van der Waals surface area contributed by atoms with Crippen LogP contribution in [0.1, 0.15) is 24.5 Å². The van der Waals surface area contributed by atoms with Crippen molar-refractivity contribution in [3.05, 3.63) is 53.3 Å². The number of ketones is 1. The second-order valence-corrected chi connectivity index (χ2v) is 5.05. The molecule has 2 nitrogen and oxygen atoms in total. The summed E-state index contributed by atoms with van der Waals surface area (Å²) in [6.45, 7) is 3.78. The maximum Gasteiger partial charge on any atom is 0.173 e. The minimum atomic E-state index is -0.414. The van der Waals surface area contributed by atoms with E-state index in [1.54, 1.807) is 19.1 Å². The number of hydrogen-bond acceptors (Lipinski definition) is 2. The Hall–Kier alpha value is -2.16. The van der Waals surface area contributed by atoms with Crippen LogP contribution in [0, 0.1) is 12.7 Å². The smallest absolute Gasteiger partial charge is 0.173 e. The van der Waals surface area contributed by atoms with Crippen molar-refractivity contribution in [2.75, 3.05) is 7.11 Å². The normalized spacial score (nSPS) is 10.5. The Morgan fingerprint density at radius 2 is 1.81 bits per heavy atom. The predicted molar refractivity (Wildman–Crippen MR) is 82.1 cm³/mol. The van der Waals surface area contributed by atoms with Crippen molar-refractivity contribution < 1.29 is 13.9 Å². The van der Waals surface area contributed by atoms with Gasteiger partial charge in [-0.3, -0.25) is 4.79 Å². The Balaban J connectivity index is 2.46. The van der Waals surface area contributed by atoms with Gasteiger partial charge in [0.2, 0.25) is 0 Å². The molecule has 0 aromatic heterocycles. The van der Waals surface area contributed by atoms with Crippen molar-refractivity contribution in [1.82, 2.24) is 0 Å². The second-order valence-electron chi connectivity index (χ2n) is 5.05. The number of hydrogen-bond donors (Lipinski definition) is 0. The van der Waals surface area contributed by atoms with E-state index in [0.717, 1.165) is 11.1 Å². The molecule has 0 saturated carbocycles. The van der Waals surface area contributed by atoms with E-state index in [1.807, 2.05) is 31.2 Å². The highest BCUT2D eigenvalue weighted by atomic mass is 19.1. The molecule has 0 radical (unpaired) electrons. The van der Waals surface area contributed by atoms with E-state index in [2.05, 4.69) is 0 Å². The molecule has 0 fully saturated rings. The molecular weight excluding hydrogens is 267 g/mol. The number of benzene rings is 2. The molecular formula is C18H19FO2. The van der Waals surface area contributed by atoms with Crippen LogP contribution in [0.2, 0.25) is 0 Å². The van der Waals surface area contributed by atoms with Crippen LogP contribution in [0.5, 0.6) is 5.75 Å². The summed E-state index contributed by atoms with van der Waals surface area (Å²) < 4.78 is 19.8. The molecule has 0 saturated heterocycles. The third-order valence-corrected chi connectivity index (χ3v) is 3.53. The zero-order valence-corrected chi connectivity index (χ0v) is 12.6. The molecule has 0 N–H and O–H groups in total. The minimum Gasteiger partial charge on any atom is -0.493 e. The van der Waals surface area contributed by atoms with Crippen LogP contribution in [0.25, 0.3) is 11.1 Å². The topological polar surface area (TPSA) is 26.3 Å². The largest absolute Gasteiger partial charge is 0.493 e. The molecule has 0 atom stereocenters. The molecule has 0 spiro atoms. The lowest BCUT2D eigenvalue weighted by Crippen LogP contribution is -2.04. The van der Waals surface area contributed by atoms with Gasteiger partial charge in [-0.05, 0) is 12.5 Å². The molecule has 0 heterocycles. The quantitative estimate of drug-likeness (QED) is 0.817. The van der Waals surface area contributed by atoms with Crippen LogP contribution >= 0.6 is 0 Å². The lowest BCUT2D eigenvalue weighted by atomic mass is 9.98. The Morgan fingerprint density at radius 1 is 1.14 bits per heavy atom. The molecule has 2 aromatic carbocycles. The van der Waals surface area contributed by atoms with Gasteiger partial charge in [0, 0.05) is 24.0 Å². The summed E-state index contributed by atoms with van der Waals surface area (Å²) in [5.74, 6) is -0.187. The summed E-state index contributed by atoms with van der Waals surface area (Å²) in [6.07, 6.45) is 0.634. The van der Waals surface area contributed by atoms with Crippen molar-refractivity contribution in [2.24, 2.45) is 0 Å². The van der Waals surface area contributed by atoms with E-state index in [-0.39, 0.29) is 18.0 Å². The first-order valence-corrected chi connectivity index (χ1v) is 7.01. The Labute approximate surface area is 124 Å². The van der Waals surface area contributed by atoms with Crippen LogP contribution in [0.15, 0.2) is 36.4 Å². The number of Topliss-reactive ketones (excluding diaryl/α,β-unsaturated/α-hetero) is 1. The van der Waals surface area contributed by atoms with Crippen LogP contribution in [0.3, 0.4) is 0 Å². The Morgan fingerprint density at radius 3 is 2.38 bits per heavy atom. The van der Waals surface area contributed by atoms with Gasteiger partial charge in [0.1, 0.15) is 5.78 Å². The molecule has 110 valence electrons. The van der Waals surface area contributed by atoms with Gasteiger partial charge >= 0.3 is 0 Å². The average Bonchev–Trinajstić information content (AvgIpc) is 2.49. The zero-order chi connectivity index (χ0) is 15.4. The molecule has 2 rings (SSSR count). The van der Waals surface area contributed by atoms with Crippen molar-refractivity contribution in [1.29, 1.82) is 0 Å². The van der Waals surface area contributed by atoms with E-state index < -0.39 is 5.82 Å². The summed E-state index contributed by atoms with van der Waals surface area (Å²) in [5.41, 5.74) is 3.00. The standard InChI is InChI=1S/C18H19FO2/c1-4-15(20)11-14-9-10-16(17(19)18(14)21-3)13-7-5-12(2)6-8-13/h5-10H,4,11H2,1-3H3. The zero-order valence-electron chi connectivity index (χ0n) is 12.6. The molecule has 0 bridgehead atoms. The van der Waals surface area contributed by atoms with Gasteiger partial charge in [-0.25, -0.2) is 4.39 Å². The number of ether oxygens (including phenoxy) is 1. The third kappa shape index (κ3) is 3.30. The first kappa shape index (κ1) is 15.2. The molecule has 3 heteroatoms. The number of methoxy groups -OCH3 is 1. The van der Waals surface area contributed by atoms with E-state index in [0.29, 0.717) is 17.5 Å². The summed E-state index contributed by atoms with van der Waals surface area (Å²) >= 11 is 0. The molecule has 0 amide bonds. The van der Waals surface area contributed by atoms with E-state index in [9.17, 15) is 9.18 Å². The van der Waals surface area contributed by atoms with Gasteiger partial charge < -0.3 is 4.74 Å². The first-order valence-electron chi connectivity index (χ1n) is 7.01. The van der Waals surface area contributed by atoms with Gasteiger partial charge in [0.25, 0.3) is 0 Å². The first-order chi connectivity index (χ1) is 10.1. The number of aryl methyl sites for hydroxylation is 1. The summed E-state index contributed by atoms with van der Waals surface area (Å²) in [7, 11) is 1.43. The van der Waals surface area contributed by atoms with Crippen LogP contribution in [-0.4, -0.2) is 12.9 Å². The van der Waals surface area contributed by atoms with E-state index in [1.165, 1.54) is 7.11 Å². The third-order valence-electron chi connectivity index (χ3n) is 3.53. The summed E-state index contributed by atoms with van der Waals surface area (Å²) in [4.78, 5) is 11.6. The molecule has 0 aliphatic heterocycles. The van der Waals surface area contributed by atoms with Crippen molar-refractivity contribution in [3.63, 3.8) is 0 Å². The lowest BCUT2D eigenvalue weighted by molar-refractivity contribution is -0.118. The summed E-state index contributed by atoms with van der Waals surface area (Å²) in [5, 5.41) is 0. The number of carbonyl (C=O) groups excluding carboxylic acids is 1. The Kier molecular flexibility index (Phi) is 4.73. The predicted octanol–water partition coefficient (Wildman–Crippen LogP) is 4.33. The second kappa shape index (κ2) is 6.53. The van der Waals surface area contributed by atoms with Crippen molar-refractivity contribution in [2.45, 2.75) is 26.7 Å². The monoisotopic (exact) mass is 286 g/mol. The van der Waals surface area contributed by atoms with Crippen molar-refractivity contribution >= 4 is 5.78 Å². The van der Waals surface area contributed by atoms with Gasteiger partial charge in [0.05, 0.1) is 7.11 Å². The highest BCUT2D eigenvalue weighted by molar-refractivity contribution is 5.82. The Bertz CT molecular complexity index is 645. The molecule has 0 aliphatic rings.